The quantitative estimate of drug-likeness (QED) is 0.237. The molecular weight excluding hydrogens is 457 g/mol. The fourth-order valence-electron chi connectivity index (χ4n) is 3.59. The van der Waals surface area contributed by atoms with Crippen LogP contribution in [0.3, 0.4) is 0 Å². The van der Waals surface area contributed by atoms with Gasteiger partial charge in [0.15, 0.2) is 22.2 Å². The fourth-order valence-corrected chi connectivity index (χ4v) is 3.81. The minimum absolute atomic E-state index is 0.146. The Balaban J connectivity index is 1.79. The zero-order valence-electron chi connectivity index (χ0n) is 19.6. The number of aromatic nitrogens is 2. The summed E-state index contributed by atoms with van der Waals surface area (Å²) >= 11 is 5.18. The van der Waals surface area contributed by atoms with Crippen LogP contribution in [0.5, 0.6) is 0 Å². The third kappa shape index (κ3) is 6.17. The normalized spacial score (nSPS) is 15.5. The van der Waals surface area contributed by atoms with Crippen LogP contribution in [0.4, 0.5) is 10.2 Å². The Labute approximate surface area is 203 Å². The highest BCUT2D eigenvalue weighted by Gasteiger charge is 2.21. The molecule has 0 unspecified atom stereocenters. The second-order valence-corrected chi connectivity index (χ2v) is 8.36. The van der Waals surface area contributed by atoms with E-state index in [2.05, 4.69) is 25.5 Å². The van der Waals surface area contributed by atoms with Crippen LogP contribution in [0, 0.1) is 5.82 Å². The maximum atomic E-state index is 15.0. The summed E-state index contributed by atoms with van der Waals surface area (Å²) in [6, 6.07) is 1.29. The van der Waals surface area contributed by atoms with Gasteiger partial charge in [-0.3, -0.25) is 9.79 Å². The van der Waals surface area contributed by atoms with E-state index in [1.54, 1.807) is 19.2 Å². The Kier molecular flexibility index (Phi) is 8.72. The molecule has 11 heteroatoms. The first-order valence-corrected chi connectivity index (χ1v) is 11.4. The lowest BCUT2D eigenvalue weighted by Gasteiger charge is -2.33. The Bertz CT molecular complexity index is 1180. The lowest BCUT2D eigenvalue weighted by Crippen LogP contribution is -2.45. The highest BCUT2D eigenvalue weighted by molar-refractivity contribution is 7.80. The van der Waals surface area contributed by atoms with Gasteiger partial charge in [-0.2, -0.15) is 0 Å². The number of fused-ring (bicyclic) bond motifs is 1. The fraction of sp³-hybridized carbons (Fsp3) is 0.391. The molecule has 0 radical (unpaired) electrons. The maximum Gasteiger partial charge on any atom is 0.199 e. The molecule has 1 saturated heterocycles. The van der Waals surface area contributed by atoms with Crippen LogP contribution in [0.25, 0.3) is 11.0 Å². The number of allylic oxidation sites excluding steroid dienone is 3. The van der Waals surface area contributed by atoms with Crippen molar-refractivity contribution in [1.82, 2.24) is 25.1 Å². The van der Waals surface area contributed by atoms with Gasteiger partial charge in [-0.15, -0.1) is 0 Å². The molecule has 0 aromatic carbocycles. The van der Waals surface area contributed by atoms with Crippen molar-refractivity contribution in [3.05, 3.63) is 58.0 Å². The first-order chi connectivity index (χ1) is 16.3. The highest BCUT2D eigenvalue weighted by Crippen LogP contribution is 2.22. The number of piperazine rings is 1. The second kappa shape index (κ2) is 11.7. The van der Waals surface area contributed by atoms with Gasteiger partial charge < -0.3 is 30.1 Å². The molecule has 0 atom stereocenters. The summed E-state index contributed by atoms with van der Waals surface area (Å²) in [6.07, 6.45) is 7.19. The molecule has 1 aliphatic rings. The van der Waals surface area contributed by atoms with E-state index in [9.17, 15) is 9.18 Å². The zero-order chi connectivity index (χ0) is 24.7. The van der Waals surface area contributed by atoms with E-state index in [1.807, 2.05) is 23.4 Å². The third-order valence-corrected chi connectivity index (χ3v) is 5.71. The van der Waals surface area contributed by atoms with E-state index in [4.69, 9.17) is 17.3 Å². The molecule has 0 aliphatic carbocycles. The lowest BCUT2D eigenvalue weighted by molar-refractivity contribution is 0.311. The van der Waals surface area contributed by atoms with Crippen LogP contribution < -0.4 is 21.0 Å². The molecule has 2 aromatic rings. The van der Waals surface area contributed by atoms with Crippen molar-refractivity contribution in [3.63, 3.8) is 0 Å². The number of thiocarbonyl (C=S) groups is 1. The molecule has 1 fully saturated rings. The number of hydrogen-bond acceptors (Lipinski definition) is 7. The van der Waals surface area contributed by atoms with Gasteiger partial charge in [0, 0.05) is 50.8 Å². The van der Waals surface area contributed by atoms with Crippen molar-refractivity contribution in [2.45, 2.75) is 20.4 Å². The number of pyridine rings is 2. The number of aliphatic hydroxyl groups is 1. The number of aliphatic imine (C=N–C) groups is 1. The van der Waals surface area contributed by atoms with Crippen molar-refractivity contribution in [2.75, 3.05) is 44.8 Å². The summed E-state index contributed by atoms with van der Waals surface area (Å²) in [7, 11) is 2.04. The summed E-state index contributed by atoms with van der Waals surface area (Å²) in [5, 5.41) is 15.1. The van der Waals surface area contributed by atoms with Crippen molar-refractivity contribution >= 4 is 40.4 Å². The summed E-state index contributed by atoms with van der Waals surface area (Å²) in [4.78, 5) is 25.9. The van der Waals surface area contributed by atoms with E-state index >= 15 is 0 Å². The zero-order valence-corrected chi connectivity index (χ0v) is 20.4. The molecule has 2 aromatic heterocycles. The molecule has 182 valence electrons. The van der Waals surface area contributed by atoms with Crippen LogP contribution in [0.1, 0.15) is 19.4 Å². The largest absolute Gasteiger partial charge is 0.516 e. The van der Waals surface area contributed by atoms with Gasteiger partial charge in [0.1, 0.15) is 12.3 Å². The topological polar surface area (TPSA) is 98.0 Å². The SMILES string of the molecule is CCn1cc(C=NCNC(=S)N/C(C)=C/C=C\O)c(=O)c2cc(F)c(N3CCN(C)CC3)nc21. The Hall–Kier alpha value is -3.31. The Morgan fingerprint density at radius 2 is 2.09 bits per heavy atom. The van der Waals surface area contributed by atoms with E-state index in [-0.39, 0.29) is 23.3 Å². The molecule has 9 nitrogen and oxygen atoms in total. The lowest BCUT2D eigenvalue weighted by atomic mass is 10.2. The summed E-state index contributed by atoms with van der Waals surface area (Å²) in [6.45, 7) is 7.48. The molecule has 0 amide bonds. The van der Waals surface area contributed by atoms with Gasteiger partial charge in [0.2, 0.25) is 0 Å². The van der Waals surface area contributed by atoms with E-state index in [1.165, 1.54) is 18.4 Å². The van der Waals surface area contributed by atoms with Crippen LogP contribution >= 0.6 is 12.2 Å². The van der Waals surface area contributed by atoms with E-state index in [0.717, 1.165) is 25.0 Å². The van der Waals surface area contributed by atoms with Gasteiger partial charge in [0.05, 0.1) is 17.2 Å². The van der Waals surface area contributed by atoms with Gasteiger partial charge >= 0.3 is 0 Å². The molecule has 0 bridgehead atoms. The van der Waals surface area contributed by atoms with Gasteiger partial charge in [0.25, 0.3) is 0 Å². The van der Waals surface area contributed by atoms with Gasteiger partial charge in [-0.25, -0.2) is 9.37 Å². The molecular formula is C23H30FN7O2S. The highest BCUT2D eigenvalue weighted by atomic mass is 32.1. The minimum Gasteiger partial charge on any atom is -0.516 e. The van der Waals surface area contributed by atoms with Crippen LogP contribution in [0.2, 0.25) is 0 Å². The van der Waals surface area contributed by atoms with Crippen LogP contribution in [-0.4, -0.2) is 70.8 Å². The number of nitrogens with one attached hydrogen (secondary N) is 2. The monoisotopic (exact) mass is 487 g/mol. The van der Waals surface area contributed by atoms with Gasteiger partial charge in [-0.05, 0) is 51.3 Å². The molecule has 0 spiro atoms. The molecule has 34 heavy (non-hydrogen) atoms. The first-order valence-electron chi connectivity index (χ1n) is 11.0. The average molecular weight is 488 g/mol. The predicted molar refractivity (Wildman–Crippen MR) is 138 cm³/mol. The summed E-state index contributed by atoms with van der Waals surface area (Å²) in [5.74, 6) is -0.212. The average Bonchev–Trinajstić information content (AvgIpc) is 2.82. The number of anilines is 1. The molecule has 1 aliphatic heterocycles. The third-order valence-electron chi connectivity index (χ3n) is 5.46. The molecule has 0 saturated carbocycles. The smallest absolute Gasteiger partial charge is 0.199 e. The first kappa shape index (κ1) is 25.3. The van der Waals surface area contributed by atoms with Crippen molar-refractivity contribution < 1.29 is 9.50 Å². The van der Waals surface area contributed by atoms with Crippen molar-refractivity contribution in [2.24, 2.45) is 4.99 Å². The molecule has 3 heterocycles. The maximum absolute atomic E-state index is 15.0. The number of aryl methyl sites for hydroxylation is 1. The number of hydrogen-bond donors (Lipinski definition) is 3. The van der Waals surface area contributed by atoms with Crippen molar-refractivity contribution in [1.29, 1.82) is 0 Å². The minimum atomic E-state index is -0.497. The molecule has 3 N–H and O–H groups in total. The Morgan fingerprint density at radius 3 is 2.76 bits per heavy atom. The molecule has 3 rings (SSSR count). The van der Waals surface area contributed by atoms with E-state index < -0.39 is 5.82 Å². The van der Waals surface area contributed by atoms with Crippen LogP contribution in [0.15, 0.2) is 46.2 Å². The van der Waals surface area contributed by atoms with Crippen LogP contribution in [-0.2, 0) is 6.54 Å². The number of aliphatic hydroxyl groups excluding tert-OH is 1. The number of halogens is 1. The summed E-state index contributed by atoms with van der Waals surface area (Å²) in [5.41, 5.74) is 1.21. The predicted octanol–water partition coefficient (Wildman–Crippen LogP) is 2.12. The number of likely N-dealkylation sites (N-methyl/N-ethyl adjacent to an activating group) is 1. The number of nitrogens with zero attached hydrogens (tertiary/aromatic N) is 5. The van der Waals surface area contributed by atoms with E-state index in [0.29, 0.717) is 36.0 Å². The number of rotatable bonds is 7. The summed E-state index contributed by atoms with van der Waals surface area (Å²) < 4.78 is 16.8. The second-order valence-electron chi connectivity index (χ2n) is 7.95. The Morgan fingerprint density at radius 1 is 1.35 bits per heavy atom. The standard InChI is InChI=1S/C23H30FN7O2S/c1-4-30-14-17(13-25-15-26-23(34)27-16(2)6-5-11-32)20(33)18-12-19(24)22(28-21(18)30)31-9-7-29(3)8-10-31/h5-6,11-14,32H,4,7-10,15H2,1-3H3,(H2,26,27,34)/b11-5-,16-6+,25-13?. The van der Waals surface area contributed by atoms with Gasteiger partial charge in [-0.1, -0.05) is 0 Å². The van der Waals surface area contributed by atoms with Crippen molar-refractivity contribution in [3.8, 4) is 0 Å².